The molecule has 0 spiro atoms. The van der Waals surface area contributed by atoms with Crippen molar-refractivity contribution in [2.45, 2.75) is 49.7 Å². The molecule has 1 aliphatic heterocycles. The maximum Gasteiger partial charge on any atom is 0.233 e. The lowest BCUT2D eigenvalue weighted by atomic mass is 9.78. The Kier molecular flexibility index (Phi) is 5.33. The van der Waals surface area contributed by atoms with Gasteiger partial charge >= 0.3 is 0 Å². The second-order valence-corrected chi connectivity index (χ2v) is 8.23. The first-order valence-electron chi connectivity index (χ1n) is 9.53. The van der Waals surface area contributed by atoms with Crippen LogP contribution >= 0.6 is 11.8 Å². The van der Waals surface area contributed by atoms with Gasteiger partial charge in [0.25, 0.3) is 0 Å². The van der Waals surface area contributed by atoms with E-state index in [1.807, 2.05) is 0 Å². The highest BCUT2D eigenvalue weighted by Gasteiger charge is 2.35. The fourth-order valence-corrected chi connectivity index (χ4v) is 5.09. The fraction of sp³-hybridized carbons (Fsp3) is 0.526. The third kappa shape index (κ3) is 3.67. The summed E-state index contributed by atoms with van der Waals surface area (Å²) in [4.78, 5) is 14.9. The lowest BCUT2D eigenvalue weighted by Crippen LogP contribution is -2.50. The molecule has 1 aliphatic carbocycles. The van der Waals surface area contributed by atoms with E-state index >= 15 is 0 Å². The Bertz CT molecular complexity index is 824. The molecule has 144 valence electrons. The number of nitrogens with zero attached hydrogens (tertiary/aromatic N) is 4. The third-order valence-corrected chi connectivity index (χ3v) is 6.60. The van der Waals surface area contributed by atoms with E-state index in [2.05, 4.69) is 15.1 Å². The first-order valence-corrected chi connectivity index (χ1v) is 10.5. The van der Waals surface area contributed by atoms with E-state index < -0.39 is 5.82 Å². The molecule has 6 nitrogen and oxygen atoms in total. The van der Waals surface area contributed by atoms with E-state index in [-0.39, 0.29) is 17.5 Å². The Morgan fingerprint density at radius 1 is 1.19 bits per heavy atom. The van der Waals surface area contributed by atoms with Crippen molar-refractivity contribution in [3.63, 3.8) is 0 Å². The zero-order chi connectivity index (χ0) is 18.8. The predicted molar refractivity (Wildman–Crippen MR) is 103 cm³/mol. The lowest BCUT2D eigenvalue weighted by molar-refractivity contribution is -0.134. The van der Waals surface area contributed by atoms with Gasteiger partial charge in [-0.2, -0.15) is 0 Å². The topological polar surface area (TPSA) is 77.0 Å². The highest BCUT2D eigenvalue weighted by molar-refractivity contribution is 7.99. The molecule has 0 bridgehead atoms. The molecule has 1 aromatic carbocycles. The van der Waals surface area contributed by atoms with Gasteiger partial charge in [-0.05, 0) is 43.7 Å². The predicted octanol–water partition coefficient (Wildman–Crippen LogP) is 3.07. The number of thioether (sulfide) groups is 1. The number of amides is 1. The lowest BCUT2D eigenvalue weighted by Gasteiger charge is -2.44. The average molecular weight is 390 g/mol. The minimum Gasteiger partial charge on any atom is -0.339 e. The number of fused-ring (bicyclic) bond motifs is 1. The van der Waals surface area contributed by atoms with Gasteiger partial charge in [-0.15, -0.1) is 10.2 Å². The summed E-state index contributed by atoms with van der Waals surface area (Å²) < 4.78 is 15.2. The minimum atomic E-state index is -0.402. The summed E-state index contributed by atoms with van der Waals surface area (Å²) in [6.07, 6.45) is 7.18. The maximum absolute atomic E-state index is 14.0. The fourth-order valence-electron chi connectivity index (χ4n) is 4.35. The van der Waals surface area contributed by atoms with Crippen LogP contribution in [0, 0.1) is 11.7 Å². The summed E-state index contributed by atoms with van der Waals surface area (Å²) in [7, 11) is 0. The number of halogens is 1. The van der Waals surface area contributed by atoms with E-state index in [0.717, 1.165) is 19.4 Å². The van der Waals surface area contributed by atoms with Crippen LogP contribution in [0.1, 0.15) is 38.5 Å². The number of aromatic nitrogens is 3. The SMILES string of the molecule is Nn1c(SCC(=O)N2CCC[C@H]3CCCC[C@H]32)nnc1-c1ccccc1F. The van der Waals surface area contributed by atoms with Gasteiger partial charge in [-0.1, -0.05) is 36.7 Å². The number of nitrogens with two attached hydrogens (primary N) is 1. The summed E-state index contributed by atoms with van der Waals surface area (Å²) in [5, 5.41) is 8.47. The summed E-state index contributed by atoms with van der Waals surface area (Å²) in [5.74, 6) is 6.97. The van der Waals surface area contributed by atoms with Crippen molar-refractivity contribution in [3.8, 4) is 11.4 Å². The molecular formula is C19H24FN5OS. The third-order valence-electron chi connectivity index (χ3n) is 5.67. The highest BCUT2D eigenvalue weighted by atomic mass is 32.2. The number of carbonyl (C=O) groups is 1. The molecule has 0 radical (unpaired) electrons. The van der Waals surface area contributed by atoms with Gasteiger partial charge in [0.15, 0.2) is 5.82 Å². The smallest absolute Gasteiger partial charge is 0.233 e. The van der Waals surface area contributed by atoms with Crippen LogP contribution < -0.4 is 5.84 Å². The van der Waals surface area contributed by atoms with Crippen molar-refractivity contribution < 1.29 is 9.18 Å². The highest BCUT2D eigenvalue weighted by Crippen LogP contribution is 2.35. The second kappa shape index (κ2) is 7.88. The Balaban J connectivity index is 1.43. The van der Waals surface area contributed by atoms with Crippen LogP contribution in [0.25, 0.3) is 11.4 Å². The van der Waals surface area contributed by atoms with Gasteiger partial charge in [-0.3, -0.25) is 4.79 Å². The Labute approximate surface area is 162 Å². The minimum absolute atomic E-state index is 0.132. The number of likely N-dealkylation sites (tertiary alicyclic amines) is 1. The molecule has 2 aromatic rings. The molecule has 2 aliphatic rings. The zero-order valence-corrected chi connectivity index (χ0v) is 16.0. The van der Waals surface area contributed by atoms with Crippen LogP contribution in [-0.2, 0) is 4.79 Å². The van der Waals surface area contributed by atoms with Gasteiger partial charge in [0.1, 0.15) is 5.82 Å². The molecular weight excluding hydrogens is 365 g/mol. The number of hydrogen-bond donors (Lipinski definition) is 1. The van der Waals surface area contributed by atoms with E-state index in [1.54, 1.807) is 18.2 Å². The van der Waals surface area contributed by atoms with Crippen LogP contribution in [0.5, 0.6) is 0 Å². The largest absolute Gasteiger partial charge is 0.339 e. The van der Waals surface area contributed by atoms with Gasteiger partial charge in [-0.25, -0.2) is 9.07 Å². The van der Waals surface area contributed by atoms with Crippen molar-refractivity contribution in [1.82, 2.24) is 19.8 Å². The van der Waals surface area contributed by atoms with E-state index in [4.69, 9.17) is 5.84 Å². The van der Waals surface area contributed by atoms with E-state index in [9.17, 15) is 9.18 Å². The zero-order valence-electron chi connectivity index (χ0n) is 15.2. The Hall–Kier alpha value is -2.09. The number of rotatable bonds is 4. The van der Waals surface area contributed by atoms with Crippen molar-refractivity contribution in [2.24, 2.45) is 5.92 Å². The van der Waals surface area contributed by atoms with Crippen LogP contribution in [0.2, 0.25) is 0 Å². The molecule has 1 aromatic heterocycles. The van der Waals surface area contributed by atoms with Gasteiger partial charge < -0.3 is 10.7 Å². The van der Waals surface area contributed by atoms with Crippen molar-refractivity contribution in [2.75, 3.05) is 18.1 Å². The number of hydrogen-bond acceptors (Lipinski definition) is 5. The number of benzene rings is 1. The molecule has 0 unspecified atom stereocenters. The van der Waals surface area contributed by atoms with Crippen LogP contribution in [0.4, 0.5) is 4.39 Å². The van der Waals surface area contributed by atoms with Crippen LogP contribution in [0.15, 0.2) is 29.4 Å². The van der Waals surface area contributed by atoms with Gasteiger partial charge in [0.05, 0.1) is 11.3 Å². The quantitative estimate of drug-likeness (QED) is 0.642. The first-order chi connectivity index (χ1) is 13.1. The molecule has 2 atom stereocenters. The molecule has 4 rings (SSSR count). The first kappa shape index (κ1) is 18.3. The number of piperidine rings is 1. The molecule has 1 saturated heterocycles. The van der Waals surface area contributed by atoms with Gasteiger partial charge in [0.2, 0.25) is 11.1 Å². The van der Waals surface area contributed by atoms with Crippen molar-refractivity contribution in [1.29, 1.82) is 0 Å². The summed E-state index contributed by atoms with van der Waals surface area (Å²) >= 11 is 1.26. The van der Waals surface area contributed by atoms with Crippen LogP contribution in [-0.4, -0.2) is 44.0 Å². The normalized spacial score (nSPS) is 22.5. The van der Waals surface area contributed by atoms with Crippen molar-refractivity contribution >= 4 is 17.7 Å². The van der Waals surface area contributed by atoms with Gasteiger partial charge in [0, 0.05) is 12.6 Å². The summed E-state index contributed by atoms with van der Waals surface area (Å²) in [6, 6.07) is 6.70. The maximum atomic E-state index is 14.0. The van der Waals surface area contributed by atoms with E-state index in [0.29, 0.717) is 22.7 Å². The molecule has 2 N–H and O–H groups in total. The molecule has 27 heavy (non-hydrogen) atoms. The number of carbonyl (C=O) groups excluding carboxylic acids is 1. The van der Waals surface area contributed by atoms with Crippen molar-refractivity contribution in [3.05, 3.63) is 30.1 Å². The summed E-state index contributed by atoms with van der Waals surface area (Å²) in [6.45, 7) is 0.844. The molecule has 1 saturated carbocycles. The molecule has 2 heterocycles. The standard InChI is InChI=1S/C19H24FN5OS/c20-15-9-3-2-8-14(15)18-22-23-19(25(18)21)27-12-17(26)24-11-5-7-13-6-1-4-10-16(13)24/h2-3,8-9,13,16H,1,4-7,10-12,21H2/t13-,16-/m1/s1. The molecule has 1 amide bonds. The van der Waals surface area contributed by atoms with Crippen LogP contribution in [0.3, 0.4) is 0 Å². The Morgan fingerprint density at radius 2 is 1.96 bits per heavy atom. The molecule has 8 heteroatoms. The second-order valence-electron chi connectivity index (χ2n) is 7.29. The molecule has 2 fully saturated rings. The number of nitrogen functional groups attached to an aromatic ring is 1. The Morgan fingerprint density at radius 3 is 2.81 bits per heavy atom. The van der Waals surface area contributed by atoms with E-state index in [1.165, 1.54) is 48.2 Å². The monoisotopic (exact) mass is 389 g/mol. The summed E-state index contributed by atoms with van der Waals surface area (Å²) in [5.41, 5.74) is 0.298. The average Bonchev–Trinajstić information content (AvgIpc) is 3.06.